The summed E-state index contributed by atoms with van der Waals surface area (Å²) >= 11 is 3.60. The van der Waals surface area contributed by atoms with E-state index >= 15 is 0 Å². The van der Waals surface area contributed by atoms with Crippen LogP contribution in [0.4, 0.5) is 11.4 Å². The molecule has 7 nitrogen and oxygen atoms in total. The summed E-state index contributed by atoms with van der Waals surface area (Å²) in [5, 5.41) is 17.3. The number of anilines is 1. The largest absolute Gasteiger partial charge is 0.490 e. The molecule has 0 unspecified atom stereocenters. The third-order valence-electron chi connectivity index (χ3n) is 5.07. The van der Waals surface area contributed by atoms with Crippen molar-refractivity contribution in [2.75, 3.05) is 12.0 Å². The molecule has 4 aromatic rings. The van der Waals surface area contributed by atoms with Crippen molar-refractivity contribution in [3.05, 3.63) is 105 Å². The van der Waals surface area contributed by atoms with Gasteiger partial charge in [0.1, 0.15) is 6.61 Å². The highest BCUT2D eigenvalue weighted by molar-refractivity contribution is 9.10. The first-order chi connectivity index (χ1) is 16.5. The van der Waals surface area contributed by atoms with Crippen molar-refractivity contribution in [1.82, 2.24) is 0 Å². The van der Waals surface area contributed by atoms with Crippen molar-refractivity contribution in [3.8, 4) is 11.5 Å². The van der Waals surface area contributed by atoms with Crippen LogP contribution in [0.25, 0.3) is 10.8 Å². The number of benzene rings is 4. The molecule has 4 rings (SSSR count). The highest BCUT2D eigenvalue weighted by Gasteiger charge is 2.13. The summed E-state index contributed by atoms with van der Waals surface area (Å²) in [6.45, 7) is 2.80. The van der Waals surface area contributed by atoms with Gasteiger partial charge in [0.2, 0.25) is 0 Å². The van der Waals surface area contributed by atoms with Gasteiger partial charge in [-0.2, -0.15) is 5.10 Å². The Balaban J connectivity index is 1.50. The molecule has 34 heavy (non-hydrogen) atoms. The van der Waals surface area contributed by atoms with E-state index in [1.54, 1.807) is 18.3 Å². The molecular weight excluding hydrogens is 498 g/mol. The number of rotatable bonds is 9. The highest BCUT2D eigenvalue weighted by atomic mass is 79.9. The number of hydrogen-bond donors (Lipinski definition) is 1. The van der Waals surface area contributed by atoms with Crippen molar-refractivity contribution in [2.24, 2.45) is 5.10 Å². The van der Waals surface area contributed by atoms with Crippen molar-refractivity contribution in [1.29, 1.82) is 0 Å². The van der Waals surface area contributed by atoms with Crippen LogP contribution >= 0.6 is 15.9 Å². The van der Waals surface area contributed by atoms with E-state index in [4.69, 9.17) is 9.47 Å². The Morgan fingerprint density at radius 2 is 1.79 bits per heavy atom. The van der Waals surface area contributed by atoms with Crippen LogP contribution in [0.1, 0.15) is 18.1 Å². The predicted molar refractivity (Wildman–Crippen MR) is 138 cm³/mol. The van der Waals surface area contributed by atoms with Crippen LogP contribution in [0.5, 0.6) is 11.5 Å². The minimum Gasteiger partial charge on any atom is -0.490 e. The summed E-state index contributed by atoms with van der Waals surface area (Å²) in [6, 6.07) is 24.2. The fourth-order valence-electron chi connectivity index (χ4n) is 3.47. The predicted octanol–water partition coefficient (Wildman–Crippen LogP) is 6.93. The molecule has 0 heterocycles. The number of halogens is 1. The topological polar surface area (TPSA) is 86.0 Å². The van der Waals surface area contributed by atoms with Gasteiger partial charge >= 0.3 is 0 Å². The zero-order chi connectivity index (χ0) is 23.9. The van der Waals surface area contributed by atoms with E-state index in [1.807, 2.05) is 37.3 Å². The summed E-state index contributed by atoms with van der Waals surface area (Å²) in [5.74, 6) is 1.23. The lowest BCUT2D eigenvalue weighted by atomic mass is 10.1. The minimum absolute atomic E-state index is 0.0268. The first-order valence-electron chi connectivity index (χ1n) is 10.6. The Bertz CT molecular complexity index is 1330. The van der Waals surface area contributed by atoms with Crippen molar-refractivity contribution >= 4 is 44.3 Å². The van der Waals surface area contributed by atoms with Gasteiger partial charge in [0, 0.05) is 12.1 Å². The van der Waals surface area contributed by atoms with E-state index in [2.05, 4.69) is 50.7 Å². The maximum Gasteiger partial charge on any atom is 0.269 e. The average molecular weight is 520 g/mol. The van der Waals surface area contributed by atoms with Gasteiger partial charge in [-0.25, -0.2) is 0 Å². The van der Waals surface area contributed by atoms with Gasteiger partial charge in [0.25, 0.3) is 5.69 Å². The van der Waals surface area contributed by atoms with Crippen LogP contribution in [0.15, 0.2) is 88.4 Å². The first kappa shape index (κ1) is 23.3. The molecule has 0 bridgehead atoms. The fourth-order valence-corrected chi connectivity index (χ4v) is 4.05. The molecule has 4 aromatic carbocycles. The van der Waals surface area contributed by atoms with E-state index in [0.717, 1.165) is 21.0 Å². The number of non-ortho nitro benzene ring substituents is 1. The Kier molecular flexibility index (Phi) is 7.39. The summed E-state index contributed by atoms with van der Waals surface area (Å²) in [6.07, 6.45) is 1.64. The molecule has 172 valence electrons. The van der Waals surface area contributed by atoms with Crippen LogP contribution in [0.2, 0.25) is 0 Å². The first-order valence-corrected chi connectivity index (χ1v) is 11.4. The molecule has 0 aliphatic carbocycles. The maximum atomic E-state index is 10.8. The van der Waals surface area contributed by atoms with Gasteiger partial charge < -0.3 is 9.47 Å². The SMILES string of the molecule is CCOc1cc(/C=N/Nc2ccc([N+](=O)[O-])cc2)cc(Br)c1OCc1cccc2ccccc12. The molecular formula is C26H22BrN3O4. The Labute approximate surface area is 205 Å². The van der Waals surface area contributed by atoms with Gasteiger partial charge in [-0.15, -0.1) is 0 Å². The highest BCUT2D eigenvalue weighted by Crippen LogP contribution is 2.37. The zero-order valence-electron chi connectivity index (χ0n) is 18.4. The molecule has 0 amide bonds. The number of nitro groups is 1. The van der Waals surface area contributed by atoms with Gasteiger partial charge in [0.05, 0.1) is 27.9 Å². The lowest BCUT2D eigenvalue weighted by molar-refractivity contribution is -0.384. The molecule has 8 heteroatoms. The van der Waals surface area contributed by atoms with Gasteiger partial charge in [-0.1, -0.05) is 42.5 Å². The molecule has 0 aliphatic heterocycles. The van der Waals surface area contributed by atoms with Crippen LogP contribution in [0, 0.1) is 10.1 Å². The second-order valence-corrected chi connectivity index (χ2v) is 8.22. The molecule has 1 N–H and O–H groups in total. The van der Waals surface area contributed by atoms with Crippen LogP contribution in [-0.4, -0.2) is 17.7 Å². The van der Waals surface area contributed by atoms with Crippen LogP contribution < -0.4 is 14.9 Å². The summed E-state index contributed by atoms with van der Waals surface area (Å²) in [7, 11) is 0. The number of nitrogens with zero attached hydrogens (tertiary/aromatic N) is 2. The number of ether oxygens (including phenoxy) is 2. The smallest absolute Gasteiger partial charge is 0.269 e. The summed E-state index contributed by atoms with van der Waals surface area (Å²) in [5.41, 5.74) is 5.42. The van der Waals surface area contributed by atoms with E-state index in [9.17, 15) is 10.1 Å². The number of nitro benzene ring substituents is 1. The molecule has 0 aliphatic rings. The van der Waals surface area contributed by atoms with Crippen molar-refractivity contribution in [2.45, 2.75) is 13.5 Å². The Morgan fingerprint density at radius 1 is 1.03 bits per heavy atom. The fraction of sp³-hybridized carbons (Fsp3) is 0.115. The molecule has 0 saturated heterocycles. The van der Waals surface area contributed by atoms with E-state index in [-0.39, 0.29) is 5.69 Å². The molecule has 0 spiro atoms. The van der Waals surface area contributed by atoms with Gasteiger partial charge in [-0.05, 0) is 69.0 Å². The summed E-state index contributed by atoms with van der Waals surface area (Å²) < 4.78 is 12.8. The maximum absolute atomic E-state index is 10.8. The summed E-state index contributed by atoms with van der Waals surface area (Å²) in [4.78, 5) is 10.3. The second kappa shape index (κ2) is 10.8. The second-order valence-electron chi connectivity index (χ2n) is 7.36. The molecule has 0 saturated carbocycles. The molecule has 0 fully saturated rings. The number of hydrogen-bond acceptors (Lipinski definition) is 6. The normalized spacial score (nSPS) is 11.0. The Morgan fingerprint density at radius 3 is 2.56 bits per heavy atom. The zero-order valence-corrected chi connectivity index (χ0v) is 20.0. The third kappa shape index (κ3) is 5.52. The molecule has 0 aromatic heterocycles. The standard InChI is InChI=1S/C26H22BrN3O4/c1-2-33-25-15-18(16-28-29-21-10-12-22(13-11-21)30(31)32)14-24(27)26(25)34-17-20-8-5-7-19-6-3-4-9-23(19)20/h3-16,29H,2,17H2,1H3/b28-16+. The van der Waals surface area contributed by atoms with Gasteiger partial charge in [0.15, 0.2) is 11.5 Å². The van der Waals surface area contributed by atoms with Crippen molar-refractivity contribution < 1.29 is 14.4 Å². The number of hydrazone groups is 1. The molecule has 0 atom stereocenters. The van der Waals surface area contributed by atoms with E-state index < -0.39 is 4.92 Å². The quantitative estimate of drug-likeness (QED) is 0.147. The van der Waals surface area contributed by atoms with Crippen molar-refractivity contribution in [3.63, 3.8) is 0 Å². The Hall–Kier alpha value is -3.91. The lowest BCUT2D eigenvalue weighted by Crippen LogP contribution is -2.02. The number of fused-ring (bicyclic) bond motifs is 1. The van der Waals surface area contributed by atoms with Crippen LogP contribution in [0.3, 0.4) is 0 Å². The van der Waals surface area contributed by atoms with E-state index in [1.165, 1.54) is 17.5 Å². The minimum atomic E-state index is -0.441. The van der Waals surface area contributed by atoms with E-state index in [0.29, 0.717) is 30.4 Å². The third-order valence-corrected chi connectivity index (χ3v) is 5.66. The molecule has 0 radical (unpaired) electrons. The lowest BCUT2D eigenvalue weighted by Gasteiger charge is -2.15. The van der Waals surface area contributed by atoms with Crippen LogP contribution in [-0.2, 0) is 6.61 Å². The average Bonchev–Trinajstić information content (AvgIpc) is 2.84. The number of nitrogens with one attached hydrogen (secondary N) is 1. The van der Waals surface area contributed by atoms with Gasteiger partial charge in [-0.3, -0.25) is 15.5 Å². The monoisotopic (exact) mass is 519 g/mol.